The Hall–Kier alpha value is -1.43. The number of alkyl halides is 3. The maximum Gasteiger partial charge on any atom is 0.573 e. The van der Waals surface area contributed by atoms with Gasteiger partial charge in [0.25, 0.3) is 0 Å². The summed E-state index contributed by atoms with van der Waals surface area (Å²) in [7, 11) is 0. The zero-order valence-corrected chi connectivity index (χ0v) is 9.78. The van der Waals surface area contributed by atoms with E-state index >= 15 is 0 Å². The third kappa shape index (κ3) is 3.29. The summed E-state index contributed by atoms with van der Waals surface area (Å²) < 4.78 is 40.2. The fourth-order valence-corrected chi connectivity index (χ4v) is 2.14. The summed E-state index contributed by atoms with van der Waals surface area (Å²) in [5, 5.41) is 0. The summed E-state index contributed by atoms with van der Waals surface area (Å²) >= 11 is 0. The second kappa shape index (κ2) is 5.06. The maximum atomic E-state index is 12.1. The topological polar surface area (TPSA) is 38.5 Å². The fourth-order valence-electron chi connectivity index (χ4n) is 2.14. The molecule has 1 aliphatic rings. The van der Waals surface area contributed by atoms with Crippen molar-refractivity contribution in [3.8, 4) is 5.75 Å². The number of anilines is 1. The van der Waals surface area contributed by atoms with Gasteiger partial charge in [-0.3, -0.25) is 0 Å². The predicted octanol–water partition coefficient (Wildman–Crippen LogP) is 2.37. The Kier molecular flexibility index (Phi) is 3.65. The van der Waals surface area contributed by atoms with Crippen LogP contribution in [0.1, 0.15) is 6.42 Å². The van der Waals surface area contributed by atoms with E-state index in [2.05, 4.69) is 4.74 Å². The lowest BCUT2D eigenvalue weighted by Gasteiger charge is -2.19. The van der Waals surface area contributed by atoms with E-state index in [0.29, 0.717) is 12.5 Å². The number of benzene rings is 1. The number of nitrogens with two attached hydrogens (primary N) is 1. The van der Waals surface area contributed by atoms with Gasteiger partial charge in [0.2, 0.25) is 0 Å². The SMILES string of the molecule is NCC1CCN(c2cccc(OC(F)(F)F)c2)C1. The van der Waals surface area contributed by atoms with E-state index in [9.17, 15) is 13.2 Å². The molecule has 2 N–H and O–H groups in total. The van der Waals surface area contributed by atoms with Gasteiger partial charge in [0.15, 0.2) is 0 Å². The summed E-state index contributed by atoms with van der Waals surface area (Å²) in [6.07, 6.45) is -3.68. The van der Waals surface area contributed by atoms with Crippen LogP contribution in [0.5, 0.6) is 5.75 Å². The molecule has 100 valence electrons. The van der Waals surface area contributed by atoms with E-state index in [4.69, 9.17) is 5.73 Å². The van der Waals surface area contributed by atoms with Crippen LogP contribution < -0.4 is 15.4 Å². The summed E-state index contributed by atoms with van der Waals surface area (Å²) in [6, 6.07) is 6.05. The number of nitrogens with zero attached hydrogens (tertiary/aromatic N) is 1. The minimum absolute atomic E-state index is 0.184. The zero-order valence-electron chi connectivity index (χ0n) is 9.78. The monoisotopic (exact) mass is 260 g/mol. The van der Waals surface area contributed by atoms with Crippen LogP contribution in [0.25, 0.3) is 0 Å². The second-order valence-corrected chi connectivity index (χ2v) is 4.38. The van der Waals surface area contributed by atoms with E-state index in [1.165, 1.54) is 12.1 Å². The van der Waals surface area contributed by atoms with Crippen molar-refractivity contribution in [2.75, 3.05) is 24.5 Å². The molecule has 1 aromatic rings. The minimum atomic E-state index is -4.65. The van der Waals surface area contributed by atoms with Crippen LogP contribution in [-0.4, -0.2) is 26.0 Å². The van der Waals surface area contributed by atoms with E-state index < -0.39 is 6.36 Å². The van der Waals surface area contributed by atoms with Gasteiger partial charge in [-0.1, -0.05) is 6.07 Å². The molecule has 1 heterocycles. The molecule has 1 unspecified atom stereocenters. The molecule has 1 saturated heterocycles. The van der Waals surface area contributed by atoms with Crippen LogP contribution in [0, 0.1) is 5.92 Å². The van der Waals surface area contributed by atoms with Crippen LogP contribution in [0.4, 0.5) is 18.9 Å². The van der Waals surface area contributed by atoms with Gasteiger partial charge in [0, 0.05) is 24.8 Å². The molecule has 0 aromatic heterocycles. The van der Waals surface area contributed by atoms with Gasteiger partial charge in [-0.2, -0.15) is 0 Å². The third-order valence-electron chi connectivity index (χ3n) is 3.04. The first-order valence-electron chi connectivity index (χ1n) is 5.79. The molecule has 1 atom stereocenters. The van der Waals surface area contributed by atoms with E-state index in [1.54, 1.807) is 12.1 Å². The Bertz CT molecular complexity index is 409. The third-order valence-corrected chi connectivity index (χ3v) is 3.04. The zero-order chi connectivity index (χ0) is 13.2. The average molecular weight is 260 g/mol. The molecule has 0 radical (unpaired) electrons. The van der Waals surface area contributed by atoms with Crippen molar-refractivity contribution in [3.63, 3.8) is 0 Å². The first-order valence-corrected chi connectivity index (χ1v) is 5.79. The van der Waals surface area contributed by atoms with Crippen LogP contribution in [0.2, 0.25) is 0 Å². The second-order valence-electron chi connectivity index (χ2n) is 4.38. The summed E-state index contributed by atoms with van der Waals surface area (Å²) in [6.45, 7) is 2.21. The van der Waals surface area contributed by atoms with Crippen molar-refractivity contribution in [2.45, 2.75) is 12.8 Å². The summed E-state index contributed by atoms with van der Waals surface area (Å²) in [5.41, 5.74) is 6.33. The van der Waals surface area contributed by atoms with E-state index in [-0.39, 0.29) is 5.75 Å². The molecule has 0 spiro atoms. The fraction of sp³-hybridized carbons (Fsp3) is 0.500. The molecular formula is C12H15F3N2O. The maximum absolute atomic E-state index is 12.1. The van der Waals surface area contributed by atoms with Crippen LogP contribution >= 0.6 is 0 Å². The van der Waals surface area contributed by atoms with Gasteiger partial charge in [-0.25, -0.2) is 0 Å². The van der Waals surface area contributed by atoms with Crippen LogP contribution in [0.3, 0.4) is 0 Å². The smallest absolute Gasteiger partial charge is 0.406 e. The summed E-state index contributed by atoms with van der Waals surface area (Å²) in [5.74, 6) is 0.230. The number of hydrogen-bond acceptors (Lipinski definition) is 3. The molecule has 1 fully saturated rings. The highest BCUT2D eigenvalue weighted by Crippen LogP contribution is 2.29. The molecule has 6 heteroatoms. The van der Waals surface area contributed by atoms with Crippen molar-refractivity contribution >= 4 is 5.69 Å². The lowest BCUT2D eigenvalue weighted by Crippen LogP contribution is -2.23. The molecule has 0 aliphatic carbocycles. The molecular weight excluding hydrogens is 245 g/mol. The average Bonchev–Trinajstić information content (AvgIpc) is 2.75. The van der Waals surface area contributed by atoms with Crippen molar-refractivity contribution in [1.82, 2.24) is 0 Å². The number of ether oxygens (including phenoxy) is 1. The minimum Gasteiger partial charge on any atom is -0.406 e. The molecule has 0 amide bonds. The van der Waals surface area contributed by atoms with Crippen LogP contribution in [-0.2, 0) is 0 Å². The van der Waals surface area contributed by atoms with Gasteiger partial charge in [-0.05, 0) is 31.0 Å². The largest absolute Gasteiger partial charge is 0.573 e. The first-order chi connectivity index (χ1) is 8.48. The van der Waals surface area contributed by atoms with E-state index in [0.717, 1.165) is 25.2 Å². The Morgan fingerprint density at radius 2 is 2.17 bits per heavy atom. The lowest BCUT2D eigenvalue weighted by atomic mass is 10.1. The highest BCUT2D eigenvalue weighted by atomic mass is 19.4. The Morgan fingerprint density at radius 1 is 1.39 bits per heavy atom. The van der Waals surface area contributed by atoms with Crippen LogP contribution in [0.15, 0.2) is 24.3 Å². The summed E-state index contributed by atoms with van der Waals surface area (Å²) in [4.78, 5) is 2.03. The van der Waals surface area contributed by atoms with Gasteiger partial charge in [-0.15, -0.1) is 13.2 Å². The number of rotatable bonds is 3. The standard InChI is InChI=1S/C12H15F3N2O/c13-12(14,15)18-11-3-1-2-10(6-11)17-5-4-9(7-16)8-17/h1-3,6,9H,4-5,7-8,16H2. The molecule has 1 aromatic carbocycles. The highest BCUT2D eigenvalue weighted by molar-refractivity contribution is 5.51. The molecule has 18 heavy (non-hydrogen) atoms. The van der Waals surface area contributed by atoms with Gasteiger partial charge in [0.05, 0.1) is 0 Å². The van der Waals surface area contributed by atoms with Gasteiger partial charge in [0.1, 0.15) is 5.75 Å². The molecule has 0 saturated carbocycles. The Morgan fingerprint density at radius 3 is 2.78 bits per heavy atom. The first kappa shape index (κ1) is 13.0. The van der Waals surface area contributed by atoms with Gasteiger partial charge < -0.3 is 15.4 Å². The highest BCUT2D eigenvalue weighted by Gasteiger charge is 2.31. The van der Waals surface area contributed by atoms with E-state index in [1.807, 2.05) is 4.90 Å². The molecule has 3 nitrogen and oxygen atoms in total. The molecule has 0 bridgehead atoms. The van der Waals surface area contributed by atoms with Crippen molar-refractivity contribution in [2.24, 2.45) is 11.7 Å². The number of hydrogen-bond donors (Lipinski definition) is 1. The number of halogens is 3. The van der Waals surface area contributed by atoms with Gasteiger partial charge >= 0.3 is 6.36 Å². The quantitative estimate of drug-likeness (QED) is 0.906. The predicted molar refractivity (Wildman–Crippen MR) is 62.5 cm³/mol. The lowest BCUT2D eigenvalue weighted by molar-refractivity contribution is -0.274. The van der Waals surface area contributed by atoms with Crippen molar-refractivity contribution in [3.05, 3.63) is 24.3 Å². The van der Waals surface area contributed by atoms with Crippen molar-refractivity contribution < 1.29 is 17.9 Å². The normalized spacial score (nSPS) is 20.2. The molecule has 2 rings (SSSR count). The molecule has 1 aliphatic heterocycles. The Labute approximate surface area is 103 Å². The Balaban J connectivity index is 2.08. The van der Waals surface area contributed by atoms with Crippen molar-refractivity contribution in [1.29, 1.82) is 0 Å².